The average Bonchev–Trinajstić information content (AvgIpc) is 3.23. The topological polar surface area (TPSA) is 68.2 Å². The second-order valence-corrected chi connectivity index (χ2v) is 5.93. The highest BCUT2D eigenvalue weighted by Crippen LogP contribution is 2.23. The van der Waals surface area contributed by atoms with Gasteiger partial charge in [0, 0.05) is 44.1 Å². The molecule has 0 bridgehead atoms. The highest BCUT2D eigenvalue weighted by atomic mass is 19.1. The van der Waals surface area contributed by atoms with Crippen molar-refractivity contribution in [1.29, 1.82) is 0 Å². The second kappa shape index (κ2) is 7.44. The second-order valence-electron chi connectivity index (χ2n) is 5.93. The van der Waals surface area contributed by atoms with Gasteiger partial charge < -0.3 is 19.9 Å². The molecule has 1 aliphatic rings. The first kappa shape index (κ1) is 16.4. The number of nitrogens with zero attached hydrogens (tertiary/aromatic N) is 2. The Bertz CT molecular complexity index is 697. The predicted octanol–water partition coefficient (Wildman–Crippen LogP) is 1.98. The molecule has 1 fully saturated rings. The molecule has 7 heteroatoms. The van der Waals surface area contributed by atoms with Crippen LogP contribution < -0.4 is 10.6 Å². The van der Waals surface area contributed by atoms with E-state index in [2.05, 4.69) is 15.6 Å². The Kier molecular flexibility index (Phi) is 5.10. The molecule has 24 heavy (non-hydrogen) atoms. The molecular formula is C17H21FN4O2. The summed E-state index contributed by atoms with van der Waals surface area (Å²) in [4.78, 5) is 16.5. The zero-order valence-electron chi connectivity index (χ0n) is 13.5. The molecule has 2 atom stereocenters. The van der Waals surface area contributed by atoms with Crippen molar-refractivity contribution in [2.24, 2.45) is 13.0 Å². The lowest BCUT2D eigenvalue weighted by Crippen LogP contribution is -2.41. The fourth-order valence-electron chi connectivity index (χ4n) is 2.81. The molecule has 1 aromatic heterocycles. The quantitative estimate of drug-likeness (QED) is 0.880. The number of ether oxygens (including phenoxy) is 1. The first-order valence-corrected chi connectivity index (χ1v) is 7.99. The molecule has 0 radical (unpaired) electrons. The lowest BCUT2D eigenvalue weighted by molar-refractivity contribution is 0.185. The zero-order valence-corrected chi connectivity index (χ0v) is 13.5. The van der Waals surface area contributed by atoms with E-state index in [1.807, 2.05) is 7.05 Å². The van der Waals surface area contributed by atoms with Crippen LogP contribution in [0.3, 0.4) is 0 Å². The third-order valence-electron chi connectivity index (χ3n) is 4.18. The maximum atomic E-state index is 14.2. The summed E-state index contributed by atoms with van der Waals surface area (Å²) in [5, 5.41) is 5.66. The monoisotopic (exact) mass is 332 g/mol. The molecular weight excluding hydrogens is 311 g/mol. The van der Waals surface area contributed by atoms with E-state index in [1.54, 1.807) is 35.2 Å². The normalized spacial score (nSPS) is 18.3. The number of aryl methyl sites for hydroxylation is 1. The Morgan fingerprint density at radius 1 is 1.50 bits per heavy atom. The Morgan fingerprint density at radius 2 is 2.33 bits per heavy atom. The molecule has 128 valence electrons. The van der Waals surface area contributed by atoms with Crippen LogP contribution in [-0.2, 0) is 11.8 Å². The van der Waals surface area contributed by atoms with Gasteiger partial charge in [-0.3, -0.25) is 0 Å². The van der Waals surface area contributed by atoms with Crippen molar-refractivity contribution in [3.8, 4) is 0 Å². The van der Waals surface area contributed by atoms with Gasteiger partial charge in [0.1, 0.15) is 17.7 Å². The van der Waals surface area contributed by atoms with Gasteiger partial charge >= 0.3 is 6.03 Å². The van der Waals surface area contributed by atoms with Crippen LogP contribution in [0.5, 0.6) is 0 Å². The van der Waals surface area contributed by atoms with Gasteiger partial charge in [-0.05, 0) is 12.5 Å². The third-order valence-corrected chi connectivity index (χ3v) is 4.18. The summed E-state index contributed by atoms with van der Waals surface area (Å²) in [5.41, 5.74) is 0.381. The minimum Gasteiger partial charge on any atom is -0.381 e. The molecule has 0 aliphatic carbocycles. The number of carbonyl (C=O) groups excluding carboxylic acids is 1. The Morgan fingerprint density at radius 3 is 3.00 bits per heavy atom. The Hall–Kier alpha value is -2.41. The van der Waals surface area contributed by atoms with Gasteiger partial charge in [-0.1, -0.05) is 18.2 Å². The molecule has 2 heterocycles. The highest BCUT2D eigenvalue weighted by molar-refractivity contribution is 5.74. The van der Waals surface area contributed by atoms with E-state index >= 15 is 0 Å². The van der Waals surface area contributed by atoms with Crippen molar-refractivity contribution in [3.05, 3.63) is 53.9 Å². The number of rotatable bonds is 5. The van der Waals surface area contributed by atoms with Crippen LogP contribution >= 0.6 is 0 Å². The summed E-state index contributed by atoms with van der Waals surface area (Å²) in [6.07, 6.45) is 4.33. The third kappa shape index (κ3) is 3.73. The summed E-state index contributed by atoms with van der Waals surface area (Å²) in [5.74, 6) is 0.519. The minimum atomic E-state index is -0.661. The van der Waals surface area contributed by atoms with Crippen molar-refractivity contribution in [1.82, 2.24) is 20.2 Å². The van der Waals surface area contributed by atoms with Crippen LogP contribution in [-0.4, -0.2) is 35.3 Å². The summed E-state index contributed by atoms with van der Waals surface area (Å²) < 4.78 is 21.3. The molecule has 0 spiro atoms. The number of urea groups is 1. The van der Waals surface area contributed by atoms with Gasteiger partial charge in [-0.2, -0.15) is 0 Å². The minimum absolute atomic E-state index is 0.329. The molecule has 2 amide bonds. The van der Waals surface area contributed by atoms with Gasteiger partial charge in [-0.25, -0.2) is 14.2 Å². The van der Waals surface area contributed by atoms with E-state index < -0.39 is 6.04 Å². The van der Waals surface area contributed by atoms with E-state index in [4.69, 9.17) is 4.74 Å². The largest absolute Gasteiger partial charge is 0.381 e. The van der Waals surface area contributed by atoms with Crippen molar-refractivity contribution in [3.63, 3.8) is 0 Å². The molecule has 2 aromatic rings. The first-order chi connectivity index (χ1) is 11.6. The summed E-state index contributed by atoms with van der Waals surface area (Å²) in [6.45, 7) is 1.94. The van der Waals surface area contributed by atoms with E-state index in [-0.39, 0.29) is 11.8 Å². The number of aromatic nitrogens is 2. The average molecular weight is 332 g/mol. The maximum Gasteiger partial charge on any atom is 0.315 e. The number of hydrogen-bond donors (Lipinski definition) is 2. The molecule has 1 saturated heterocycles. The number of benzene rings is 1. The van der Waals surface area contributed by atoms with Crippen molar-refractivity contribution >= 4 is 6.03 Å². The summed E-state index contributed by atoms with van der Waals surface area (Å²) >= 11 is 0. The maximum absolute atomic E-state index is 14.2. The fraction of sp³-hybridized carbons (Fsp3) is 0.412. The van der Waals surface area contributed by atoms with E-state index in [0.29, 0.717) is 30.5 Å². The van der Waals surface area contributed by atoms with Crippen LogP contribution in [0.1, 0.15) is 23.9 Å². The SMILES string of the molecule is Cn1ccnc1C(NC(=O)NCC1CCOC1)c1ccccc1F. The van der Waals surface area contributed by atoms with Gasteiger partial charge in [0.15, 0.2) is 0 Å². The molecule has 6 nitrogen and oxygen atoms in total. The van der Waals surface area contributed by atoms with E-state index in [9.17, 15) is 9.18 Å². The first-order valence-electron chi connectivity index (χ1n) is 7.99. The molecule has 0 saturated carbocycles. The summed E-state index contributed by atoms with van der Waals surface area (Å²) in [7, 11) is 1.81. The van der Waals surface area contributed by atoms with Crippen LogP contribution in [0.2, 0.25) is 0 Å². The van der Waals surface area contributed by atoms with E-state index in [1.165, 1.54) is 6.07 Å². The molecule has 1 aliphatic heterocycles. The van der Waals surface area contributed by atoms with Gasteiger partial charge in [0.25, 0.3) is 0 Å². The number of amides is 2. The van der Waals surface area contributed by atoms with Gasteiger partial charge in [-0.15, -0.1) is 0 Å². The van der Waals surface area contributed by atoms with Crippen LogP contribution in [0.25, 0.3) is 0 Å². The van der Waals surface area contributed by atoms with Crippen molar-refractivity contribution in [2.45, 2.75) is 12.5 Å². The Labute approximate surface area is 140 Å². The van der Waals surface area contributed by atoms with E-state index in [0.717, 1.165) is 13.0 Å². The van der Waals surface area contributed by atoms with Crippen LogP contribution in [0, 0.1) is 11.7 Å². The van der Waals surface area contributed by atoms with Crippen LogP contribution in [0.4, 0.5) is 9.18 Å². The van der Waals surface area contributed by atoms with Crippen molar-refractivity contribution < 1.29 is 13.9 Å². The number of halogens is 1. The lowest BCUT2D eigenvalue weighted by Gasteiger charge is -2.20. The zero-order chi connectivity index (χ0) is 16.9. The molecule has 2 N–H and O–H groups in total. The number of imidazole rings is 1. The van der Waals surface area contributed by atoms with Crippen molar-refractivity contribution in [2.75, 3.05) is 19.8 Å². The number of hydrogen-bond acceptors (Lipinski definition) is 3. The standard InChI is InChI=1S/C17H21FN4O2/c1-22-8-7-19-16(22)15(13-4-2-3-5-14(13)18)21-17(23)20-10-12-6-9-24-11-12/h2-5,7-8,12,15H,6,9-11H2,1H3,(H2,20,21,23). The Balaban J connectivity index is 1.74. The molecule has 1 aromatic carbocycles. The molecule has 3 rings (SSSR count). The fourth-order valence-corrected chi connectivity index (χ4v) is 2.81. The number of carbonyl (C=O) groups is 1. The van der Waals surface area contributed by atoms with Crippen LogP contribution in [0.15, 0.2) is 36.7 Å². The lowest BCUT2D eigenvalue weighted by atomic mass is 10.1. The molecule has 2 unspecified atom stereocenters. The predicted molar refractivity (Wildman–Crippen MR) is 86.9 cm³/mol. The smallest absolute Gasteiger partial charge is 0.315 e. The van der Waals surface area contributed by atoms with Gasteiger partial charge in [0.2, 0.25) is 0 Å². The highest BCUT2D eigenvalue weighted by Gasteiger charge is 2.24. The van der Waals surface area contributed by atoms with Gasteiger partial charge in [0.05, 0.1) is 6.61 Å². The number of nitrogens with one attached hydrogen (secondary N) is 2. The summed E-state index contributed by atoms with van der Waals surface area (Å²) in [6, 6.07) is 5.38.